The van der Waals surface area contributed by atoms with Crippen LogP contribution < -0.4 is 14.9 Å². The largest absolute Gasteiger partial charge is 0.496 e. The number of benzene rings is 3. The molecule has 11 heteroatoms. The first-order valence-electron chi connectivity index (χ1n) is 9.94. The molecule has 1 heterocycles. The van der Waals surface area contributed by atoms with Gasteiger partial charge in [0, 0.05) is 10.6 Å². The third-order valence-corrected chi connectivity index (χ3v) is 5.90. The Hall–Kier alpha value is -3.27. The van der Waals surface area contributed by atoms with Crippen molar-refractivity contribution in [3.05, 3.63) is 76.1 Å². The van der Waals surface area contributed by atoms with Gasteiger partial charge in [0.15, 0.2) is 6.61 Å². The summed E-state index contributed by atoms with van der Waals surface area (Å²) in [6.45, 7) is 0.0261. The zero-order valence-corrected chi connectivity index (χ0v) is 20.2. The van der Waals surface area contributed by atoms with Crippen molar-refractivity contribution in [2.75, 3.05) is 12.9 Å². The van der Waals surface area contributed by atoms with Gasteiger partial charge in [-0.2, -0.15) is 5.10 Å². The van der Waals surface area contributed by atoms with Crippen molar-refractivity contribution in [3.8, 4) is 11.5 Å². The molecule has 0 aliphatic rings. The maximum absolute atomic E-state index is 12.2. The SMILES string of the molecule is COc1ccc2ccccc2c1/C=N\NC(=O)CSc1nnc(COc2ccc(Cl)cc2Cl)o1. The van der Waals surface area contributed by atoms with Crippen LogP contribution in [-0.4, -0.2) is 35.2 Å². The molecule has 1 N–H and O–H groups in total. The number of amides is 1. The molecular weight excluding hydrogens is 499 g/mol. The van der Waals surface area contributed by atoms with E-state index in [1.54, 1.807) is 31.5 Å². The number of nitrogens with one attached hydrogen (secondary N) is 1. The summed E-state index contributed by atoms with van der Waals surface area (Å²) in [7, 11) is 1.59. The summed E-state index contributed by atoms with van der Waals surface area (Å²) in [5, 5.41) is 15.0. The van der Waals surface area contributed by atoms with Crippen LogP contribution >= 0.6 is 35.0 Å². The molecule has 0 aliphatic heterocycles. The average Bonchev–Trinajstić information content (AvgIpc) is 3.30. The fourth-order valence-corrected chi connectivity index (χ4v) is 4.04. The molecule has 0 spiro atoms. The number of ether oxygens (including phenoxy) is 2. The monoisotopic (exact) mass is 516 g/mol. The van der Waals surface area contributed by atoms with E-state index in [1.807, 2.05) is 36.4 Å². The minimum absolute atomic E-state index is 0.0261. The highest BCUT2D eigenvalue weighted by atomic mass is 35.5. The van der Waals surface area contributed by atoms with E-state index in [1.165, 1.54) is 0 Å². The highest BCUT2D eigenvalue weighted by Crippen LogP contribution is 2.28. The number of aromatic nitrogens is 2. The zero-order valence-electron chi connectivity index (χ0n) is 17.8. The summed E-state index contributed by atoms with van der Waals surface area (Å²) < 4.78 is 16.5. The van der Waals surface area contributed by atoms with Gasteiger partial charge >= 0.3 is 0 Å². The van der Waals surface area contributed by atoms with Crippen LogP contribution in [0.3, 0.4) is 0 Å². The average molecular weight is 517 g/mol. The molecule has 0 radical (unpaired) electrons. The summed E-state index contributed by atoms with van der Waals surface area (Å²) in [6, 6.07) is 16.6. The topological polar surface area (TPSA) is 98.8 Å². The molecule has 1 aromatic heterocycles. The first kappa shape index (κ1) is 23.9. The predicted molar refractivity (Wildman–Crippen MR) is 132 cm³/mol. The summed E-state index contributed by atoms with van der Waals surface area (Å²) in [5.74, 6) is 1.06. The van der Waals surface area contributed by atoms with Crippen LogP contribution in [0.25, 0.3) is 10.8 Å². The van der Waals surface area contributed by atoms with Crippen LogP contribution in [0.2, 0.25) is 10.0 Å². The Labute approximate surface area is 209 Å². The number of hydrogen-bond acceptors (Lipinski definition) is 8. The molecule has 0 saturated heterocycles. The molecule has 0 atom stereocenters. The maximum atomic E-state index is 12.2. The molecule has 8 nitrogen and oxygen atoms in total. The van der Waals surface area contributed by atoms with Crippen LogP contribution in [0.5, 0.6) is 11.5 Å². The van der Waals surface area contributed by atoms with E-state index in [0.29, 0.717) is 21.5 Å². The van der Waals surface area contributed by atoms with E-state index >= 15 is 0 Å². The number of nitrogens with zero attached hydrogens (tertiary/aromatic N) is 3. The molecule has 0 aliphatic carbocycles. The third kappa shape index (κ3) is 5.99. The second kappa shape index (κ2) is 11.2. The van der Waals surface area contributed by atoms with E-state index < -0.39 is 0 Å². The van der Waals surface area contributed by atoms with Crippen molar-refractivity contribution in [1.29, 1.82) is 0 Å². The lowest BCUT2D eigenvalue weighted by Crippen LogP contribution is -2.19. The normalized spacial score (nSPS) is 11.1. The summed E-state index contributed by atoms with van der Waals surface area (Å²) >= 11 is 13.0. The number of carbonyl (C=O) groups is 1. The van der Waals surface area contributed by atoms with Gasteiger partial charge in [-0.05, 0) is 35.0 Å². The minimum Gasteiger partial charge on any atom is -0.496 e. The van der Waals surface area contributed by atoms with Crippen LogP contribution in [0.4, 0.5) is 0 Å². The van der Waals surface area contributed by atoms with Gasteiger partial charge in [-0.3, -0.25) is 4.79 Å². The van der Waals surface area contributed by atoms with Crippen LogP contribution in [0, 0.1) is 0 Å². The lowest BCUT2D eigenvalue weighted by molar-refractivity contribution is -0.118. The summed E-state index contributed by atoms with van der Waals surface area (Å²) in [4.78, 5) is 12.2. The van der Waals surface area contributed by atoms with Crippen molar-refractivity contribution in [3.63, 3.8) is 0 Å². The highest BCUT2D eigenvalue weighted by molar-refractivity contribution is 7.99. The van der Waals surface area contributed by atoms with Crippen LogP contribution in [0.1, 0.15) is 11.5 Å². The standard InChI is InChI=1S/C23H18Cl2N4O4S/c1-31-19-8-6-14-4-2-3-5-16(14)17(19)11-26-27-21(30)13-34-23-29-28-22(33-23)12-32-20-9-7-15(24)10-18(20)25/h2-11H,12-13H2,1H3,(H,27,30)/b26-11-. The van der Waals surface area contributed by atoms with E-state index in [4.69, 9.17) is 37.1 Å². The quantitative estimate of drug-likeness (QED) is 0.181. The number of methoxy groups -OCH3 is 1. The Morgan fingerprint density at radius 1 is 1.15 bits per heavy atom. The molecule has 4 rings (SSSR count). The second-order valence-corrected chi connectivity index (χ2v) is 8.58. The third-order valence-electron chi connectivity index (χ3n) is 4.55. The van der Waals surface area contributed by atoms with Gasteiger partial charge in [0.25, 0.3) is 17.0 Å². The molecule has 0 bridgehead atoms. The number of fused-ring (bicyclic) bond motifs is 1. The van der Waals surface area contributed by atoms with E-state index in [9.17, 15) is 4.79 Å². The first-order chi connectivity index (χ1) is 16.5. The van der Waals surface area contributed by atoms with E-state index in [-0.39, 0.29) is 29.4 Å². The van der Waals surface area contributed by atoms with Gasteiger partial charge in [-0.25, -0.2) is 5.43 Å². The molecule has 0 fully saturated rings. The Balaban J connectivity index is 1.29. The minimum atomic E-state index is -0.329. The van der Waals surface area contributed by atoms with Gasteiger partial charge in [0.2, 0.25) is 0 Å². The zero-order chi connectivity index (χ0) is 23.9. The summed E-state index contributed by atoms with van der Waals surface area (Å²) in [5.41, 5.74) is 3.27. The molecule has 0 unspecified atom stereocenters. The molecule has 4 aromatic rings. The highest BCUT2D eigenvalue weighted by Gasteiger charge is 2.12. The van der Waals surface area contributed by atoms with Gasteiger partial charge in [-0.1, -0.05) is 65.3 Å². The van der Waals surface area contributed by atoms with Crippen LogP contribution in [-0.2, 0) is 11.4 Å². The molecule has 34 heavy (non-hydrogen) atoms. The number of carbonyl (C=O) groups excluding carboxylic acids is 1. The first-order valence-corrected chi connectivity index (χ1v) is 11.7. The Bertz CT molecular complexity index is 1350. The molecule has 3 aromatic carbocycles. The predicted octanol–water partition coefficient (Wildman–Crippen LogP) is 5.36. The Kier molecular flexibility index (Phi) is 7.89. The number of halogens is 2. The van der Waals surface area contributed by atoms with Gasteiger partial charge in [0.05, 0.1) is 24.1 Å². The van der Waals surface area contributed by atoms with Crippen molar-refractivity contribution >= 4 is 57.9 Å². The maximum Gasteiger partial charge on any atom is 0.277 e. The fourth-order valence-electron chi connectivity index (χ4n) is 3.00. The fraction of sp³-hybridized carbons (Fsp3) is 0.130. The number of hydrogen-bond donors (Lipinski definition) is 1. The van der Waals surface area contributed by atoms with Crippen molar-refractivity contribution in [2.45, 2.75) is 11.8 Å². The number of thioether (sulfide) groups is 1. The van der Waals surface area contributed by atoms with E-state index in [0.717, 1.165) is 28.1 Å². The molecule has 174 valence electrons. The van der Waals surface area contributed by atoms with Crippen molar-refractivity contribution in [2.24, 2.45) is 5.10 Å². The van der Waals surface area contributed by atoms with Gasteiger partial charge < -0.3 is 13.9 Å². The number of rotatable bonds is 9. The Morgan fingerprint density at radius 3 is 2.79 bits per heavy atom. The lowest BCUT2D eigenvalue weighted by atomic mass is 10.0. The van der Waals surface area contributed by atoms with Crippen molar-refractivity contribution in [1.82, 2.24) is 15.6 Å². The lowest BCUT2D eigenvalue weighted by Gasteiger charge is -2.08. The molecular formula is C23H18Cl2N4O4S. The Morgan fingerprint density at radius 2 is 1.97 bits per heavy atom. The van der Waals surface area contributed by atoms with Gasteiger partial charge in [0.1, 0.15) is 11.5 Å². The molecule has 0 saturated carbocycles. The second-order valence-electron chi connectivity index (χ2n) is 6.81. The van der Waals surface area contributed by atoms with Gasteiger partial charge in [-0.15, -0.1) is 10.2 Å². The van der Waals surface area contributed by atoms with E-state index in [2.05, 4.69) is 20.7 Å². The molecule has 1 amide bonds. The van der Waals surface area contributed by atoms with Crippen molar-refractivity contribution < 1.29 is 18.7 Å². The summed E-state index contributed by atoms with van der Waals surface area (Å²) in [6.07, 6.45) is 1.56. The van der Waals surface area contributed by atoms with Crippen LogP contribution in [0.15, 0.2) is 69.3 Å². The number of hydrazone groups is 1. The smallest absolute Gasteiger partial charge is 0.277 e.